The van der Waals surface area contributed by atoms with Crippen LogP contribution in [-0.4, -0.2) is 19.8 Å². The lowest BCUT2D eigenvalue weighted by molar-refractivity contribution is -0.118. The number of benzene rings is 1. The highest BCUT2D eigenvalue weighted by Crippen LogP contribution is 2.66. The summed E-state index contributed by atoms with van der Waals surface area (Å²) in [7, 11) is 3.39. The third-order valence-electron chi connectivity index (χ3n) is 6.74. The van der Waals surface area contributed by atoms with E-state index in [2.05, 4.69) is 31.3 Å². The molecule has 4 aliphatic carbocycles. The van der Waals surface area contributed by atoms with Crippen molar-refractivity contribution in [1.82, 2.24) is 5.32 Å². The normalized spacial score (nSPS) is 39.9. The second kappa shape index (κ2) is 5.39. The molecule has 1 N–H and O–H groups in total. The molecule has 0 aliphatic heterocycles. The second-order valence-corrected chi connectivity index (χ2v) is 9.45. The topological polar surface area (TPSA) is 30.5 Å². The predicted molar refractivity (Wildman–Crippen MR) is 96.5 cm³/mol. The van der Waals surface area contributed by atoms with Gasteiger partial charge in [-0.25, -0.2) is 0 Å². The Bertz CT molecular complexity index is 623. The molecule has 4 saturated carbocycles. The zero-order valence-corrected chi connectivity index (χ0v) is 15.6. The van der Waals surface area contributed by atoms with Crippen LogP contribution in [0, 0.1) is 16.7 Å². The average molecular weight is 329 g/mol. The van der Waals surface area contributed by atoms with Crippen LogP contribution in [-0.2, 0) is 6.54 Å². The Hall–Kier alpha value is -1.22. The molecule has 0 radical (unpaired) electrons. The van der Waals surface area contributed by atoms with Crippen LogP contribution < -0.4 is 14.8 Å². The minimum absolute atomic E-state index is 0.343. The Balaban J connectivity index is 1.52. The Labute approximate surface area is 146 Å². The van der Waals surface area contributed by atoms with Gasteiger partial charge in [-0.3, -0.25) is 0 Å². The molecule has 4 aliphatic rings. The van der Waals surface area contributed by atoms with E-state index < -0.39 is 0 Å². The molecule has 24 heavy (non-hydrogen) atoms. The number of nitrogens with one attached hydrogen (secondary N) is 1. The predicted octanol–water partition coefficient (Wildman–Crippen LogP) is 4.54. The summed E-state index contributed by atoms with van der Waals surface area (Å²) in [5.41, 5.74) is 2.73. The van der Waals surface area contributed by atoms with Crippen molar-refractivity contribution in [3.63, 3.8) is 0 Å². The quantitative estimate of drug-likeness (QED) is 0.860. The van der Waals surface area contributed by atoms with Crippen LogP contribution in [0.5, 0.6) is 11.5 Å². The summed E-state index contributed by atoms with van der Waals surface area (Å²) in [6.45, 7) is 5.98. The van der Waals surface area contributed by atoms with E-state index in [1.165, 1.54) is 44.1 Å². The van der Waals surface area contributed by atoms with E-state index in [1.807, 2.05) is 6.07 Å². The highest BCUT2D eigenvalue weighted by atomic mass is 16.5. The van der Waals surface area contributed by atoms with E-state index in [0.29, 0.717) is 16.4 Å². The van der Waals surface area contributed by atoms with Gasteiger partial charge >= 0.3 is 0 Å². The fourth-order valence-electron chi connectivity index (χ4n) is 6.92. The van der Waals surface area contributed by atoms with E-state index >= 15 is 0 Å². The Morgan fingerprint density at radius 2 is 1.62 bits per heavy atom. The van der Waals surface area contributed by atoms with Crippen molar-refractivity contribution < 1.29 is 9.47 Å². The maximum absolute atomic E-state index is 5.45. The third-order valence-corrected chi connectivity index (χ3v) is 6.74. The summed E-state index contributed by atoms with van der Waals surface area (Å²) < 4.78 is 10.8. The molecular formula is C21H31NO2. The largest absolute Gasteiger partial charge is 0.493 e. The molecule has 0 saturated heterocycles. The van der Waals surface area contributed by atoms with Gasteiger partial charge < -0.3 is 14.8 Å². The van der Waals surface area contributed by atoms with E-state index in [9.17, 15) is 0 Å². The standard InChI is InChI=1S/C21H31NO2/c1-19-8-16-9-20(2,12-19)14-21(10-16,13-19)22-11-15-5-6-17(23-3)18(7-15)24-4/h5-7,16,22H,8-14H2,1-4H3. The molecule has 132 valence electrons. The van der Waals surface area contributed by atoms with E-state index in [4.69, 9.17) is 9.47 Å². The smallest absolute Gasteiger partial charge is 0.161 e. The van der Waals surface area contributed by atoms with Crippen molar-refractivity contribution in [2.45, 2.75) is 64.5 Å². The molecular weight excluding hydrogens is 298 g/mol. The zero-order valence-electron chi connectivity index (χ0n) is 15.6. The van der Waals surface area contributed by atoms with Crippen molar-refractivity contribution in [2.24, 2.45) is 16.7 Å². The van der Waals surface area contributed by atoms with Crippen molar-refractivity contribution in [3.05, 3.63) is 23.8 Å². The first-order valence-electron chi connectivity index (χ1n) is 9.33. The summed E-state index contributed by atoms with van der Waals surface area (Å²) in [5.74, 6) is 2.55. The highest BCUT2D eigenvalue weighted by Gasteiger charge is 2.59. The van der Waals surface area contributed by atoms with Gasteiger partial charge in [-0.05, 0) is 73.0 Å². The van der Waals surface area contributed by atoms with E-state index in [0.717, 1.165) is 24.0 Å². The van der Waals surface area contributed by atoms with Gasteiger partial charge in [-0.2, -0.15) is 0 Å². The lowest BCUT2D eigenvalue weighted by Crippen LogP contribution is -2.63. The fraction of sp³-hybridized carbons (Fsp3) is 0.714. The molecule has 0 amide bonds. The first kappa shape index (κ1) is 16.3. The van der Waals surface area contributed by atoms with Crippen LogP contribution in [0.4, 0.5) is 0 Å². The van der Waals surface area contributed by atoms with Gasteiger partial charge in [0.1, 0.15) is 0 Å². The lowest BCUT2D eigenvalue weighted by Gasteiger charge is -2.65. The van der Waals surface area contributed by atoms with Crippen molar-refractivity contribution in [1.29, 1.82) is 0 Å². The van der Waals surface area contributed by atoms with E-state index in [-0.39, 0.29) is 0 Å². The van der Waals surface area contributed by atoms with Gasteiger partial charge in [0.15, 0.2) is 11.5 Å². The maximum atomic E-state index is 5.45. The van der Waals surface area contributed by atoms with E-state index in [1.54, 1.807) is 14.2 Å². The molecule has 2 atom stereocenters. The Kier molecular flexibility index (Phi) is 3.65. The van der Waals surface area contributed by atoms with Crippen LogP contribution in [0.3, 0.4) is 0 Å². The molecule has 0 aromatic heterocycles. The molecule has 4 fully saturated rings. The maximum Gasteiger partial charge on any atom is 0.161 e. The van der Waals surface area contributed by atoms with Gasteiger partial charge in [0.25, 0.3) is 0 Å². The van der Waals surface area contributed by atoms with Gasteiger partial charge in [0.05, 0.1) is 14.2 Å². The number of hydrogen-bond acceptors (Lipinski definition) is 3. The summed E-state index contributed by atoms with van der Waals surface area (Å²) in [4.78, 5) is 0. The Morgan fingerprint density at radius 3 is 2.21 bits per heavy atom. The van der Waals surface area contributed by atoms with Gasteiger partial charge in [0.2, 0.25) is 0 Å². The van der Waals surface area contributed by atoms with Crippen molar-refractivity contribution >= 4 is 0 Å². The second-order valence-electron chi connectivity index (χ2n) is 9.45. The highest BCUT2D eigenvalue weighted by molar-refractivity contribution is 5.42. The molecule has 2 unspecified atom stereocenters. The first-order valence-corrected chi connectivity index (χ1v) is 9.33. The molecule has 1 aromatic rings. The first-order chi connectivity index (χ1) is 11.4. The third kappa shape index (κ3) is 2.71. The zero-order chi connectivity index (χ0) is 17.0. The van der Waals surface area contributed by atoms with Crippen LogP contribution in [0.2, 0.25) is 0 Å². The Morgan fingerprint density at radius 1 is 0.958 bits per heavy atom. The van der Waals surface area contributed by atoms with Gasteiger partial charge in [0, 0.05) is 12.1 Å². The van der Waals surface area contributed by atoms with Crippen LogP contribution in [0.15, 0.2) is 18.2 Å². The molecule has 3 heteroatoms. The van der Waals surface area contributed by atoms with Crippen LogP contribution >= 0.6 is 0 Å². The van der Waals surface area contributed by atoms with Crippen LogP contribution in [0.25, 0.3) is 0 Å². The minimum atomic E-state index is 0.343. The molecule has 0 heterocycles. The number of ether oxygens (including phenoxy) is 2. The van der Waals surface area contributed by atoms with Crippen LogP contribution in [0.1, 0.15) is 57.9 Å². The summed E-state index contributed by atoms with van der Waals surface area (Å²) >= 11 is 0. The molecule has 4 bridgehead atoms. The number of methoxy groups -OCH3 is 2. The average Bonchev–Trinajstić information content (AvgIpc) is 2.49. The van der Waals surface area contributed by atoms with Gasteiger partial charge in [-0.15, -0.1) is 0 Å². The molecule has 5 rings (SSSR count). The molecule has 0 spiro atoms. The summed E-state index contributed by atoms with van der Waals surface area (Å²) in [6, 6.07) is 6.27. The summed E-state index contributed by atoms with van der Waals surface area (Å²) in [6.07, 6.45) is 8.38. The minimum Gasteiger partial charge on any atom is -0.493 e. The monoisotopic (exact) mass is 329 g/mol. The summed E-state index contributed by atoms with van der Waals surface area (Å²) in [5, 5.41) is 3.99. The van der Waals surface area contributed by atoms with Gasteiger partial charge in [-0.1, -0.05) is 19.9 Å². The van der Waals surface area contributed by atoms with Crippen molar-refractivity contribution in [3.8, 4) is 11.5 Å². The molecule has 1 aromatic carbocycles. The SMILES string of the molecule is COc1ccc(CNC23CC4CC(C)(CC(C)(C4)C2)C3)cc1OC. The lowest BCUT2D eigenvalue weighted by atomic mass is 9.43. The fourth-order valence-corrected chi connectivity index (χ4v) is 6.92. The number of rotatable bonds is 5. The number of hydrogen-bond donors (Lipinski definition) is 1. The van der Waals surface area contributed by atoms with Crippen molar-refractivity contribution in [2.75, 3.05) is 14.2 Å². The molecule has 3 nitrogen and oxygen atoms in total.